The summed E-state index contributed by atoms with van der Waals surface area (Å²) in [5.41, 5.74) is 3.40. The van der Waals surface area contributed by atoms with Crippen LogP contribution in [0.15, 0.2) is 79.0 Å². The van der Waals surface area contributed by atoms with Crippen LogP contribution in [0.1, 0.15) is 0 Å². The summed E-state index contributed by atoms with van der Waals surface area (Å²) >= 11 is 0. The zero-order valence-electron chi connectivity index (χ0n) is 12.8. The molecular weight excluding hydrogens is 284 g/mol. The fourth-order valence-electron chi connectivity index (χ4n) is 2.86. The predicted octanol–water partition coefficient (Wildman–Crippen LogP) is 4.70. The van der Waals surface area contributed by atoms with Gasteiger partial charge in [0.2, 0.25) is 0 Å². The van der Waals surface area contributed by atoms with Gasteiger partial charge >= 0.3 is 0 Å². The van der Waals surface area contributed by atoms with Gasteiger partial charge in [-0.3, -0.25) is 4.57 Å². The maximum absolute atomic E-state index is 5.26. The maximum atomic E-state index is 5.26. The molecule has 0 saturated heterocycles. The van der Waals surface area contributed by atoms with Crippen molar-refractivity contribution >= 4 is 10.9 Å². The number of methoxy groups -OCH3 is 1. The third kappa shape index (κ3) is 2.36. The number of benzene rings is 2. The molecule has 0 spiro atoms. The molecule has 0 saturated carbocycles. The topological polar surface area (TPSA) is 27.1 Å². The highest BCUT2D eigenvalue weighted by Crippen LogP contribution is 2.31. The van der Waals surface area contributed by atoms with Crippen LogP contribution in [0, 0.1) is 0 Å². The number of nitrogens with zero attached hydrogens (tertiary/aromatic N) is 2. The smallest absolute Gasteiger partial charge is 0.137 e. The molecule has 0 radical (unpaired) electrons. The fraction of sp³-hybridized carbons (Fsp3) is 0.0500. The number of pyridine rings is 1. The molecule has 0 amide bonds. The quantitative estimate of drug-likeness (QED) is 0.548. The SMILES string of the molecule is COc1ccc(-c2cc3ccccc3n2-c2ccccn2)cc1. The van der Waals surface area contributed by atoms with E-state index in [1.807, 2.05) is 36.5 Å². The third-order valence-corrected chi connectivity index (χ3v) is 3.97. The van der Waals surface area contributed by atoms with E-state index in [-0.39, 0.29) is 0 Å². The summed E-state index contributed by atoms with van der Waals surface area (Å²) in [7, 11) is 1.68. The van der Waals surface area contributed by atoms with Crippen LogP contribution >= 0.6 is 0 Å². The van der Waals surface area contributed by atoms with E-state index in [2.05, 4.69) is 52.0 Å². The standard InChI is InChI=1S/C20H16N2O/c1-23-17-11-9-15(10-12-17)19-14-16-6-2-3-7-18(16)22(19)20-8-4-5-13-21-20/h2-14H,1H3. The van der Waals surface area contributed by atoms with Crippen LogP contribution in [0.5, 0.6) is 5.75 Å². The van der Waals surface area contributed by atoms with Crippen LogP contribution in [0.25, 0.3) is 28.0 Å². The van der Waals surface area contributed by atoms with Gasteiger partial charge in [-0.05, 0) is 54.1 Å². The minimum atomic E-state index is 0.856. The average molecular weight is 300 g/mol. The van der Waals surface area contributed by atoms with Gasteiger partial charge in [0, 0.05) is 11.6 Å². The molecule has 4 aromatic rings. The molecule has 0 aliphatic carbocycles. The van der Waals surface area contributed by atoms with Crippen molar-refractivity contribution in [1.29, 1.82) is 0 Å². The Balaban J connectivity index is 1.98. The Morgan fingerprint density at radius 2 is 1.65 bits per heavy atom. The van der Waals surface area contributed by atoms with Gasteiger partial charge in [-0.25, -0.2) is 4.98 Å². The van der Waals surface area contributed by atoms with Gasteiger partial charge in [0.1, 0.15) is 11.6 Å². The lowest BCUT2D eigenvalue weighted by Crippen LogP contribution is -1.98. The van der Waals surface area contributed by atoms with Crippen molar-refractivity contribution in [2.45, 2.75) is 0 Å². The molecule has 2 heterocycles. The van der Waals surface area contributed by atoms with E-state index < -0.39 is 0 Å². The molecule has 0 bridgehead atoms. The van der Waals surface area contributed by atoms with Crippen LogP contribution in [0.3, 0.4) is 0 Å². The van der Waals surface area contributed by atoms with Crippen molar-refractivity contribution in [3.63, 3.8) is 0 Å². The van der Waals surface area contributed by atoms with Gasteiger partial charge in [0.15, 0.2) is 0 Å². The van der Waals surface area contributed by atoms with Crippen molar-refractivity contribution in [2.24, 2.45) is 0 Å². The zero-order valence-corrected chi connectivity index (χ0v) is 12.8. The lowest BCUT2D eigenvalue weighted by atomic mass is 10.1. The molecule has 0 atom stereocenters. The number of fused-ring (bicyclic) bond motifs is 1. The molecule has 2 aromatic carbocycles. The Hall–Kier alpha value is -3.07. The van der Waals surface area contributed by atoms with Crippen LogP contribution in [-0.4, -0.2) is 16.7 Å². The minimum absolute atomic E-state index is 0.856. The molecule has 112 valence electrons. The molecule has 4 rings (SSSR count). The van der Waals surface area contributed by atoms with E-state index in [0.717, 1.165) is 28.3 Å². The maximum Gasteiger partial charge on any atom is 0.137 e. The molecular formula is C20H16N2O. The van der Waals surface area contributed by atoms with E-state index in [1.54, 1.807) is 7.11 Å². The highest BCUT2D eigenvalue weighted by atomic mass is 16.5. The minimum Gasteiger partial charge on any atom is -0.497 e. The second-order valence-corrected chi connectivity index (χ2v) is 5.34. The van der Waals surface area contributed by atoms with Gasteiger partial charge in [-0.15, -0.1) is 0 Å². The monoisotopic (exact) mass is 300 g/mol. The first-order chi connectivity index (χ1) is 11.4. The molecule has 3 heteroatoms. The molecule has 0 fully saturated rings. The first-order valence-electron chi connectivity index (χ1n) is 7.53. The van der Waals surface area contributed by atoms with E-state index in [4.69, 9.17) is 4.74 Å². The summed E-state index contributed by atoms with van der Waals surface area (Å²) < 4.78 is 7.45. The Morgan fingerprint density at radius 1 is 0.870 bits per heavy atom. The number of ether oxygens (including phenoxy) is 1. The first-order valence-corrected chi connectivity index (χ1v) is 7.53. The lowest BCUT2D eigenvalue weighted by molar-refractivity contribution is 0.415. The number of hydrogen-bond acceptors (Lipinski definition) is 2. The third-order valence-electron chi connectivity index (χ3n) is 3.97. The van der Waals surface area contributed by atoms with Crippen LogP contribution in [0.2, 0.25) is 0 Å². The van der Waals surface area contributed by atoms with Crippen LogP contribution in [0.4, 0.5) is 0 Å². The van der Waals surface area contributed by atoms with Gasteiger partial charge < -0.3 is 4.74 Å². The highest BCUT2D eigenvalue weighted by Gasteiger charge is 2.12. The second-order valence-electron chi connectivity index (χ2n) is 5.34. The van der Waals surface area contributed by atoms with Crippen LogP contribution < -0.4 is 4.74 Å². The summed E-state index contributed by atoms with van der Waals surface area (Å²) in [4.78, 5) is 4.53. The number of aromatic nitrogens is 2. The molecule has 0 unspecified atom stereocenters. The van der Waals surface area contributed by atoms with Gasteiger partial charge in [0.05, 0.1) is 18.3 Å². The van der Waals surface area contributed by atoms with Gasteiger partial charge in [-0.1, -0.05) is 24.3 Å². The van der Waals surface area contributed by atoms with E-state index in [9.17, 15) is 0 Å². The lowest BCUT2D eigenvalue weighted by Gasteiger charge is -2.10. The normalized spacial score (nSPS) is 10.8. The number of hydrogen-bond donors (Lipinski definition) is 0. The Kier molecular flexibility index (Phi) is 3.31. The van der Waals surface area contributed by atoms with Crippen molar-refractivity contribution in [1.82, 2.24) is 9.55 Å². The van der Waals surface area contributed by atoms with Gasteiger partial charge in [-0.2, -0.15) is 0 Å². The van der Waals surface area contributed by atoms with Crippen molar-refractivity contribution in [3.8, 4) is 22.8 Å². The number of rotatable bonds is 3. The number of para-hydroxylation sites is 1. The zero-order chi connectivity index (χ0) is 15.6. The first kappa shape index (κ1) is 13.6. The largest absolute Gasteiger partial charge is 0.497 e. The Labute approximate surface area is 134 Å². The fourth-order valence-corrected chi connectivity index (χ4v) is 2.86. The predicted molar refractivity (Wildman–Crippen MR) is 93.1 cm³/mol. The van der Waals surface area contributed by atoms with Gasteiger partial charge in [0.25, 0.3) is 0 Å². The van der Waals surface area contributed by atoms with Crippen molar-refractivity contribution < 1.29 is 4.74 Å². The van der Waals surface area contributed by atoms with E-state index in [1.165, 1.54) is 5.39 Å². The highest BCUT2D eigenvalue weighted by molar-refractivity contribution is 5.88. The summed E-state index contributed by atoms with van der Waals surface area (Å²) in [6, 6.07) is 24.6. The van der Waals surface area contributed by atoms with Crippen molar-refractivity contribution in [2.75, 3.05) is 7.11 Å². The average Bonchev–Trinajstić information content (AvgIpc) is 3.02. The summed E-state index contributed by atoms with van der Waals surface area (Å²) in [5, 5.41) is 1.20. The molecule has 2 aromatic heterocycles. The molecule has 0 aliphatic rings. The molecule has 23 heavy (non-hydrogen) atoms. The summed E-state index contributed by atoms with van der Waals surface area (Å²) in [5.74, 6) is 1.77. The van der Waals surface area contributed by atoms with Crippen LogP contribution in [-0.2, 0) is 0 Å². The summed E-state index contributed by atoms with van der Waals surface area (Å²) in [6.45, 7) is 0. The van der Waals surface area contributed by atoms with E-state index >= 15 is 0 Å². The summed E-state index contributed by atoms with van der Waals surface area (Å²) in [6.07, 6.45) is 1.82. The van der Waals surface area contributed by atoms with Crippen molar-refractivity contribution in [3.05, 3.63) is 79.0 Å². The Morgan fingerprint density at radius 3 is 2.39 bits per heavy atom. The Bertz CT molecular complexity index is 940. The molecule has 3 nitrogen and oxygen atoms in total. The van der Waals surface area contributed by atoms with E-state index in [0.29, 0.717) is 0 Å². The second kappa shape index (κ2) is 5.61. The molecule has 0 aliphatic heterocycles. The molecule has 0 N–H and O–H groups in total.